The van der Waals surface area contributed by atoms with E-state index in [0.717, 1.165) is 24.5 Å². The Morgan fingerprint density at radius 2 is 2.50 bits per heavy atom. The molecule has 1 rings (SSSR count). The van der Waals surface area contributed by atoms with E-state index in [9.17, 15) is 0 Å². The van der Waals surface area contributed by atoms with E-state index in [4.69, 9.17) is 9.84 Å². The molecule has 1 aliphatic heterocycles. The minimum absolute atomic E-state index is 0.233. The molecule has 3 nitrogen and oxygen atoms in total. The molecule has 1 heterocycles. The summed E-state index contributed by atoms with van der Waals surface area (Å²) in [7, 11) is 1.89. The van der Waals surface area contributed by atoms with Crippen LogP contribution < -0.4 is 5.32 Å². The van der Waals surface area contributed by atoms with Gasteiger partial charge in [-0.2, -0.15) is 11.8 Å². The fourth-order valence-corrected chi connectivity index (χ4v) is 2.69. The molecule has 0 aromatic rings. The molecule has 84 valence electrons. The van der Waals surface area contributed by atoms with Crippen LogP contribution in [0.2, 0.25) is 0 Å². The zero-order chi connectivity index (χ0) is 10.2. The lowest BCUT2D eigenvalue weighted by molar-refractivity contribution is 0.129. The molecule has 2 N–H and O–H groups in total. The minimum atomic E-state index is 0.233. The van der Waals surface area contributed by atoms with Gasteiger partial charge in [0.2, 0.25) is 0 Å². The largest absolute Gasteiger partial charge is 0.395 e. The standard InChI is InChI=1S/C10H21NO2S/c1-11-9(7-12)4-6-14-8-10-3-2-5-13-10/h9-12H,2-8H2,1H3. The van der Waals surface area contributed by atoms with Crippen LogP contribution in [-0.4, -0.2) is 49.0 Å². The van der Waals surface area contributed by atoms with Gasteiger partial charge >= 0.3 is 0 Å². The summed E-state index contributed by atoms with van der Waals surface area (Å²) in [5, 5.41) is 12.0. The van der Waals surface area contributed by atoms with Crippen molar-refractivity contribution in [2.75, 3.05) is 31.8 Å². The van der Waals surface area contributed by atoms with Gasteiger partial charge < -0.3 is 15.2 Å². The number of nitrogens with one attached hydrogen (secondary N) is 1. The molecule has 2 atom stereocenters. The van der Waals surface area contributed by atoms with Crippen LogP contribution in [0.5, 0.6) is 0 Å². The normalized spacial score (nSPS) is 24.0. The van der Waals surface area contributed by atoms with E-state index >= 15 is 0 Å². The average Bonchev–Trinajstić information content (AvgIpc) is 2.71. The topological polar surface area (TPSA) is 41.5 Å². The third kappa shape index (κ3) is 4.64. The van der Waals surface area contributed by atoms with E-state index in [0.29, 0.717) is 6.10 Å². The van der Waals surface area contributed by atoms with Crippen LogP contribution in [0.1, 0.15) is 19.3 Å². The minimum Gasteiger partial charge on any atom is -0.395 e. The quantitative estimate of drug-likeness (QED) is 0.623. The molecule has 4 heteroatoms. The van der Waals surface area contributed by atoms with Crippen LogP contribution in [0.4, 0.5) is 0 Å². The fourth-order valence-electron chi connectivity index (χ4n) is 1.54. The highest BCUT2D eigenvalue weighted by atomic mass is 32.2. The van der Waals surface area contributed by atoms with Gasteiger partial charge in [-0.15, -0.1) is 0 Å². The third-order valence-electron chi connectivity index (χ3n) is 2.57. The second-order valence-corrected chi connectivity index (χ2v) is 4.82. The lowest BCUT2D eigenvalue weighted by Crippen LogP contribution is -2.29. The maximum Gasteiger partial charge on any atom is 0.0666 e. The number of hydrogen-bond donors (Lipinski definition) is 2. The zero-order valence-electron chi connectivity index (χ0n) is 8.87. The van der Waals surface area contributed by atoms with Crippen molar-refractivity contribution < 1.29 is 9.84 Å². The van der Waals surface area contributed by atoms with Gasteiger partial charge in [-0.1, -0.05) is 0 Å². The highest BCUT2D eigenvalue weighted by Crippen LogP contribution is 2.17. The van der Waals surface area contributed by atoms with Crippen LogP contribution in [0, 0.1) is 0 Å². The summed E-state index contributed by atoms with van der Waals surface area (Å²) in [6, 6.07) is 0.256. The molecule has 0 aromatic carbocycles. The van der Waals surface area contributed by atoms with Crippen molar-refractivity contribution in [1.29, 1.82) is 0 Å². The molecule has 2 unspecified atom stereocenters. The lowest BCUT2D eigenvalue weighted by Gasteiger charge is -2.13. The van der Waals surface area contributed by atoms with Gasteiger partial charge in [-0.3, -0.25) is 0 Å². The summed E-state index contributed by atoms with van der Waals surface area (Å²) in [4.78, 5) is 0. The fraction of sp³-hybridized carbons (Fsp3) is 1.00. The van der Waals surface area contributed by atoms with Gasteiger partial charge in [0.25, 0.3) is 0 Å². The van der Waals surface area contributed by atoms with Gasteiger partial charge in [0, 0.05) is 18.4 Å². The Hall–Kier alpha value is 0.230. The van der Waals surface area contributed by atoms with Crippen LogP contribution >= 0.6 is 11.8 Å². The molecule has 0 bridgehead atoms. The van der Waals surface area contributed by atoms with Crippen LogP contribution in [0.25, 0.3) is 0 Å². The Labute approximate surface area is 90.6 Å². The summed E-state index contributed by atoms with van der Waals surface area (Å²) in [5.41, 5.74) is 0. The first-order valence-corrected chi connectivity index (χ1v) is 6.49. The van der Waals surface area contributed by atoms with E-state index in [2.05, 4.69) is 5.32 Å². The van der Waals surface area contributed by atoms with Crippen molar-refractivity contribution in [2.24, 2.45) is 0 Å². The molecule has 0 saturated carbocycles. The number of aliphatic hydroxyl groups excluding tert-OH is 1. The maximum absolute atomic E-state index is 8.94. The lowest BCUT2D eigenvalue weighted by atomic mass is 10.2. The third-order valence-corrected chi connectivity index (χ3v) is 3.70. The van der Waals surface area contributed by atoms with Gasteiger partial charge in [0.15, 0.2) is 0 Å². The van der Waals surface area contributed by atoms with Crippen molar-refractivity contribution in [2.45, 2.75) is 31.4 Å². The van der Waals surface area contributed by atoms with Gasteiger partial charge in [0.1, 0.15) is 0 Å². The SMILES string of the molecule is CNC(CO)CCSCC1CCCO1. The number of thioether (sulfide) groups is 1. The van der Waals surface area contributed by atoms with Gasteiger partial charge in [0.05, 0.1) is 12.7 Å². The van der Waals surface area contributed by atoms with Crippen LogP contribution in [0.15, 0.2) is 0 Å². The van der Waals surface area contributed by atoms with Crippen molar-refractivity contribution in [3.05, 3.63) is 0 Å². The molecular weight excluding hydrogens is 198 g/mol. The van der Waals surface area contributed by atoms with E-state index in [-0.39, 0.29) is 12.6 Å². The summed E-state index contributed by atoms with van der Waals surface area (Å²) in [5.74, 6) is 2.22. The van der Waals surface area contributed by atoms with E-state index in [1.54, 1.807) is 0 Å². The Balaban J connectivity index is 1.92. The smallest absolute Gasteiger partial charge is 0.0666 e. The molecule has 0 radical (unpaired) electrons. The monoisotopic (exact) mass is 219 g/mol. The maximum atomic E-state index is 8.94. The van der Waals surface area contributed by atoms with Crippen molar-refractivity contribution in [3.8, 4) is 0 Å². The first kappa shape index (κ1) is 12.3. The summed E-state index contributed by atoms with van der Waals surface area (Å²) >= 11 is 1.93. The summed E-state index contributed by atoms with van der Waals surface area (Å²) < 4.78 is 5.53. The Morgan fingerprint density at radius 3 is 3.07 bits per heavy atom. The Bertz CT molecular complexity index is 132. The number of hydrogen-bond acceptors (Lipinski definition) is 4. The highest BCUT2D eigenvalue weighted by Gasteiger charge is 2.15. The zero-order valence-corrected chi connectivity index (χ0v) is 9.68. The molecule has 1 saturated heterocycles. The van der Waals surface area contributed by atoms with Crippen molar-refractivity contribution in [3.63, 3.8) is 0 Å². The van der Waals surface area contributed by atoms with Crippen molar-refractivity contribution >= 4 is 11.8 Å². The molecule has 14 heavy (non-hydrogen) atoms. The second kappa shape index (κ2) is 7.51. The highest BCUT2D eigenvalue weighted by molar-refractivity contribution is 7.99. The van der Waals surface area contributed by atoms with Crippen LogP contribution in [0.3, 0.4) is 0 Å². The summed E-state index contributed by atoms with van der Waals surface area (Å²) in [6.07, 6.45) is 3.97. The first-order valence-electron chi connectivity index (χ1n) is 5.34. The molecule has 0 aromatic heterocycles. The number of likely N-dealkylation sites (N-methyl/N-ethyl adjacent to an activating group) is 1. The molecule has 0 amide bonds. The molecule has 1 aliphatic rings. The average molecular weight is 219 g/mol. The number of rotatable bonds is 7. The van der Waals surface area contributed by atoms with Gasteiger partial charge in [-0.25, -0.2) is 0 Å². The second-order valence-electron chi connectivity index (χ2n) is 3.67. The van der Waals surface area contributed by atoms with E-state index in [1.165, 1.54) is 12.8 Å². The van der Waals surface area contributed by atoms with E-state index in [1.807, 2.05) is 18.8 Å². The van der Waals surface area contributed by atoms with E-state index < -0.39 is 0 Å². The van der Waals surface area contributed by atoms with Crippen LogP contribution in [-0.2, 0) is 4.74 Å². The molecule has 0 spiro atoms. The molecule has 1 fully saturated rings. The van der Waals surface area contributed by atoms with Gasteiger partial charge in [-0.05, 0) is 32.1 Å². The molecular formula is C10H21NO2S. The predicted octanol–water partition coefficient (Wildman–Crippen LogP) is 0.869. The Kier molecular flexibility index (Phi) is 6.60. The number of aliphatic hydroxyl groups is 1. The first-order chi connectivity index (χ1) is 6.86. The Morgan fingerprint density at radius 1 is 1.64 bits per heavy atom. The molecule has 0 aliphatic carbocycles. The number of ether oxygens (including phenoxy) is 1. The van der Waals surface area contributed by atoms with Crippen molar-refractivity contribution in [1.82, 2.24) is 5.32 Å². The predicted molar refractivity (Wildman–Crippen MR) is 60.8 cm³/mol. The summed E-state index contributed by atoms with van der Waals surface area (Å²) in [6.45, 7) is 1.18.